The highest BCUT2D eigenvalue weighted by atomic mass is 19.2. The van der Waals surface area contributed by atoms with Crippen molar-refractivity contribution >= 4 is 10.8 Å². The van der Waals surface area contributed by atoms with Crippen molar-refractivity contribution in [1.29, 1.82) is 0 Å². The van der Waals surface area contributed by atoms with Crippen LogP contribution in [-0.4, -0.2) is 9.97 Å². The highest BCUT2D eigenvalue weighted by Crippen LogP contribution is 2.20. The van der Waals surface area contributed by atoms with Crippen LogP contribution in [-0.2, 0) is 6.42 Å². The van der Waals surface area contributed by atoms with Crippen molar-refractivity contribution in [2.24, 2.45) is 0 Å². The molecule has 0 aliphatic carbocycles. The second-order valence-electron chi connectivity index (χ2n) is 7.53. The Labute approximate surface area is 181 Å². The van der Waals surface area contributed by atoms with Gasteiger partial charge in [0.2, 0.25) is 0 Å². The summed E-state index contributed by atoms with van der Waals surface area (Å²) in [6.07, 6.45) is 8.40. The van der Waals surface area contributed by atoms with Crippen molar-refractivity contribution < 1.29 is 8.78 Å². The Morgan fingerprint density at radius 3 is 2.10 bits per heavy atom. The van der Waals surface area contributed by atoms with E-state index in [1.807, 2.05) is 36.7 Å². The van der Waals surface area contributed by atoms with Crippen LogP contribution in [0.3, 0.4) is 0 Å². The van der Waals surface area contributed by atoms with E-state index in [0.29, 0.717) is 16.6 Å². The largest absolute Gasteiger partial charge is 0.236 e. The molecule has 2 nitrogen and oxygen atoms in total. The van der Waals surface area contributed by atoms with Gasteiger partial charge < -0.3 is 0 Å². The van der Waals surface area contributed by atoms with Crippen LogP contribution >= 0.6 is 0 Å². The summed E-state index contributed by atoms with van der Waals surface area (Å²) in [6, 6.07) is 15.5. The molecular formula is C27H22F2N2. The first-order valence-corrected chi connectivity index (χ1v) is 10.4. The molecular weight excluding hydrogens is 390 g/mol. The molecule has 0 atom stereocenters. The van der Waals surface area contributed by atoms with Crippen LogP contribution in [0.1, 0.15) is 42.9 Å². The van der Waals surface area contributed by atoms with Gasteiger partial charge in [0.25, 0.3) is 0 Å². The number of hydrogen-bond acceptors (Lipinski definition) is 2. The van der Waals surface area contributed by atoms with Crippen LogP contribution in [0.25, 0.3) is 22.2 Å². The molecule has 0 radical (unpaired) electrons. The van der Waals surface area contributed by atoms with Gasteiger partial charge in [-0.3, -0.25) is 0 Å². The molecule has 1 heterocycles. The number of benzene rings is 3. The van der Waals surface area contributed by atoms with Crippen LogP contribution in [0.4, 0.5) is 8.78 Å². The first kappa shape index (κ1) is 20.7. The average molecular weight is 412 g/mol. The molecule has 0 aliphatic heterocycles. The predicted octanol–water partition coefficient (Wildman–Crippen LogP) is 6.71. The molecule has 0 unspecified atom stereocenters. The molecule has 4 heteroatoms. The number of rotatable bonds is 5. The monoisotopic (exact) mass is 412 g/mol. The zero-order valence-electron chi connectivity index (χ0n) is 17.3. The number of hydrogen-bond donors (Lipinski definition) is 0. The van der Waals surface area contributed by atoms with E-state index in [0.717, 1.165) is 35.1 Å². The fourth-order valence-corrected chi connectivity index (χ4v) is 3.38. The van der Waals surface area contributed by atoms with Gasteiger partial charge >= 0.3 is 0 Å². The summed E-state index contributed by atoms with van der Waals surface area (Å²) in [5.74, 6) is 5.18. The molecule has 0 aliphatic rings. The number of fused-ring (bicyclic) bond motifs is 1. The summed E-state index contributed by atoms with van der Waals surface area (Å²) < 4.78 is 26.8. The second-order valence-corrected chi connectivity index (χ2v) is 7.53. The van der Waals surface area contributed by atoms with Gasteiger partial charge in [0.05, 0.1) is 0 Å². The lowest BCUT2D eigenvalue weighted by Gasteiger charge is -2.03. The van der Waals surface area contributed by atoms with E-state index in [-0.39, 0.29) is 0 Å². The van der Waals surface area contributed by atoms with Crippen LogP contribution in [0.15, 0.2) is 67.0 Å². The average Bonchev–Trinajstić information content (AvgIpc) is 2.79. The fourth-order valence-electron chi connectivity index (χ4n) is 3.38. The van der Waals surface area contributed by atoms with Crippen LogP contribution < -0.4 is 0 Å². The minimum absolute atomic E-state index is 0.622. The van der Waals surface area contributed by atoms with Gasteiger partial charge in [0.15, 0.2) is 17.5 Å². The van der Waals surface area contributed by atoms with E-state index in [1.54, 1.807) is 18.2 Å². The molecule has 0 saturated heterocycles. The minimum atomic E-state index is -0.857. The van der Waals surface area contributed by atoms with E-state index < -0.39 is 11.6 Å². The Kier molecular flexibility index (Phi) is 6.33. The molecule has 4 aromatic rings. The Balaban J connectivity index is 1.47. The highest BCUT2D eigenvalue weighted by Gasteiger charge is 2.04. The number of unbranched alkanes of at least 4 members (excludes halogenated alkanes) is 2. The van der Waals surface area contributed by atoms with Gasteiger partial charge in [-0.25, -0.2) is 18.7 Å². The Bertz CT molecular complexity index is 1250. The third kappa shape index (κ3) is 5.13. The maximum Gasteiger partial charge on any atom is 0.159 e. The SMILES string of the molecule is CCCCCc1cnc(-c2ccc(C#Cc3ccc4cc(F)c(F)cc4c3)cc2)nc1. The van der Waals surface area contributed by atoms with Crippen molar-refractivity contribution in [1.82, 2.24) is 9.97 Å². The van der Waals surface area contributed by atoms with Gasteiger partial charge in [-0.2, -0.15) is 0 Å². The maximum atomic E-state index is 13.5. The summed E-state index contributed by atoms with van der Waals surface area (Å²) in [7, 11) is 0. The lowest BCUT2D eigenvalue weighted by molar-refractivity contribution is 0.511. The Hall–Kier alpha value is -3.58. The first-order chi connectivity index (χ1) is 15.1. The zero-order valence-corrected chi connectivity index (χ0v) is 17.3. The van der Waals surface area contributed by atoms with Crippen molar-refractivity contribution in [2.75, 3.05) is 0 Å². The third-order valence-electron chi connectivity index (χ3n) is 5.15. The minimum Gasteiger partial charge on any atom is -0.236 e. The molecule has 31 heavy (non-hydrogen) atoms. The molecule has 0 amide bonds. The van der Waals surface area contributed by atoms with E-state index in [1.165, 1.54) is 25.0 Å². The van der Waals surface area contributed by atoms with Crippen LogP contribution in [0.2, 0.25) is 0 Å². The van der Waals surface area contributed by atoms with Crippen molar-refractivity contribution in [3.8, 4) is 23.2 Å². The van der Waals surface area contributed by atoms with Gasteiger partial charge in [0, 0.05) is 29.1 Å². The maximum absolute atomic E-state index is 13.5. The molecule has 0 fully saturated rings. The van der Waals surface area contributed by atoms with Crippen molar-refractivity contribution in [3.63, 3.8) is 0 Å². The summed E-state index contributed by atoms with van der Waals surface area (Å²) in [5, 5.41) is 1.27. The Morgan fingerprint density at radius 1 is 0.742 bits per heavy atom. The number of halogens is 2. The molecule has 0 bridgehead atoms. The van der Waals surface area contributed by atoms with E-state index in [2.05, 4.69) is 28.7 Å². The lowest BCUT2D eigenvalue weighted by atomic mass is 10.1. The van der Waals surface area contributed by atoms with Crippen LogP contribution in [0.5, 0.6) is 0 Å². The molecule has 0 spiro atoms. The van der Waals surface area contributed by atoms with Gasteiger partial charge in [-0.05, 0) is 77.7 Å². The first-order valence-electron chi connectivity index (χ1n) is 10.4. The topological polar surface area (TPSA) is 25.8 Å². The van der Waals surface area contributed by atoms with E-state index >= 15 is 0 Å². The van der Waals surface area contributed by atoms with Crippen molar-refractivity contribution in [2.45, 2.75) is 32.6 Å². The Morgan fingerprint density at radius 2 is 1.39 bits per heavy atom. The summed E-state index contributed by atoms with van der Waals surface area (Å²) in [4.78, 5) is 8.98. The predicted molar refractivity (Wildman–Crippen MR) is 121 cm³/mol. The molecule has 4 rings (SSSR count). The summed E-state index contributed by atoms with van der Waals surface area (Å²) in [6.45, 7) is 2.19. The highest BCUT2D eigenvalue weighted by molar-refractivity contribution is 5.84. The molecule has 0 saturated carbocycles. The van der Waals surface area contributed by atoms with Crippen molar-refractivity contribution in [3.05, 3.63) is 95.3 Å². The molecule has 0 N–H and O–H groups in total. The zero-order chi connectivity index (χ0) is 21.6. The smallest absolute Gasteiger partial charge is 0.159 e. The molecule has 1 aromatic heterocycles. The third-order valence-corrected chi connectivity index (χ3v) is 5.15. The van der Waals surface area contributed by atoms with E-state index in [4.69, 9.17) is 0 Å². The lowest BCUT2D eigenvalue weighted by Crippen LogP contribution is -1.93. The molecule has 3 aromatic carbocycles. The number of aryl methyl sites for hydroxylation is 1. The number of nitrogens with zero attached hydrogens (tertiary/aromatic N) is 2. The summed E-state index contributed by atoms with van der Waals surface area (Å²) in [5.41, 5.74) is 3.70. The van der Waals surface area contributed by atoms with Gasteiger partial charge in [-0.15, -0.1) is 0 Å². The normalized spacial score (nSPS) is 10.7. The van der Waals surface area contributed by atoms with Gasteiger partial charge in [0.1, 0.15) is 0 Å². The quantitative estimate of drug-likeness (QED) is 0.269. The summed E-state index contributed by atoms with van der Waals surface area (Å²) >= 11 is 0. The van der Waals surface area contributed by atoms with Crippen LogP contribution in [0, 0.1) is 23.5 Å². The second kappa shape index (κ2) is 9.49. The van der Waals surface area contributed by atoms with Gasteiger partial charge in [-0.1, -0.05) is 37.7 Å². The molecule has 154 valence electrons. The standard InChI is InChI=1S/C27H22F2N2/c1-2-3-4-5-21-17-30-27(31-18-21)22-11-8-19(9-12-22)6-7-20-10-13-23-15-25(28)26(29)16-24(23)14-20/h8-18H,2-5H2,1H3. The van der Waals surface area contributed by atoms with E-state index in [9.17, 15) is 8.78 Å². The number of aromatic nitrogens is 2. The fraction of sp³-hybridized carbons (Fsp3) is 0.185.